The van der Waals surface area contributed by atoms with Gasteiger partial charge in [-0.25, -0.2) is 0 Å². The van der Waals surface area contributed by atoms with Gasteiger partial charge >= 0.3 is 0 Å². The summed E-state index contributed by atoms with van der Waals surface area (Å²) in [4.78, 5) is 9.36. The first kappa shape index (κ1) is 17.1. The third kappa shape index (κ3) is 5.19. The van der Waals surface area contributed by atoms with Gasteiger partial charge in [0.2, 0.25) is 0 Å². The van der Waals surface area contributed by atoms with Crippen molar-refractivity contribution in [3.05, 3.63) is 30.1 Å². The van der Waals surface area contributed by atoms with E-state index >= 15 is 0 Å². The Labute approximate surface area is 124 Å². The molecule has 0 spiro atoms. The van der Waals surface area contributed by atoms with Gasteiger partial charge in [-0.2, -0.15) is 0 Å². The highest BCUT2D eigenvalue weighted by atomic mass is 15.2. The zero-order chi connectivity index (χ0) is 14.8. The van der Waals surface area contributed by atoms with Crippen molar-refractivity contribution >= 4 is 0 Å². The third-order valence-corrected chi connectivity index (χ3v) is 3.91. The summed E-state index contributed by atoms with van der Waals surface area (Å²) in [5.74, 6) is 0. The predicted molar refractivity (Wildman–Crippen MR) is 85.7 cm³/mol. The molecule has 4 heteroatoms. The summed E-state index contributed by atoms with van der Waals surface area (Å²) in [5, 5.41) is 0. The van der Waals surface area contributed by atoms with Crippen LogP contribution in [0.4, 0.5) is 0 Å². The van der Waals surface area contributed by atoms with Gasteiger partial charge in [-0.1, -0.05) is 26.8 Å². The van der Waals surface area contributed by atoms with Crippen LogP contribution in [0.1, 0.15) is 38.9 Å². The van der Waals surface area contributed by atoms with Crippen molar-refractivity contribution in [2.75, 3.05) is 39.3 Å². The molecule has 0 bridgehead atoms. The zero-order valence-corrected chi connectivity index (χ0v) is 13.3. The highest BCUT2D eigenvalue weighted by Crippen LogP contribution is 2.17. The van der Waals surface area contributed by atoms with Gasteiger partial charge in [0.25, 0.3) is 0 Å². The van der Waals surface area contributed by atoms with Crippen molar-refractivity contribution in [2.24, 2.45) is 5.73 Å². The van der Waals surface area contributed by atoms with Crippen LogP contribution in [-0.2, 0) is 0 Å². The van der Waals surface area contributed by atoms with E-state index in [1.54, 1.807) is 0 Å². The van der Waals surface area contributed by atoms with Crippen LogP contribution in [-0.4, -0.2) is 54.1 Å². The molecule has 1 unspecified atom stereocenters. The monoisotopic (exact) mass is 278 g/mol. The first-order valence-electron chi connectivity index (χ1n) is 7.84. The molecule has 1 rings (SSSR count). The molecule has 4 nitrogen and oxygen atoms in total. The number of nitrogens with two attached hydrogens (primary N) is 1. The summed E-state index contributed by atoms with van der Waals surface area (Å²) in [6.07, 6.45) is 3.03. The van der Waals surface area contributed by atoms with E-state index < -0.39 is 0 Å². The van der Waals surface area contributed by atoms with Crippen molar-refractivity contribution in [1.82, 2.24) is 14.8 Å². The van der Waals surface area contributed by atoms with Crippen molar-refractivity contribution in [1.29, 1.82) is 0 Å². The second-order valence-corrected chi connectivity index (χ2v) is 5.02. The Morgan fingerprint density at radius 2 is 1.85 bits per heavy atom. The average Bonchev–Trinajstić information content (AvgIpc) is 2.51. The molecule has 0 aromatic carbocycles. The normalized spacial score (nSPS) is 13.1. The number of nitrogens with zero attached hydrogens (tertiary/aromatic N) is 3. The van der Waals surface area contributed by atoms with Crippen LogP contribution in [0.2, 0.25) is 0 Å². The van der Waals surface area contributed by atoms with Gasteiger partial charge in [-0.3, -0.25) is 9.88 Å². The predicted octanol–water partition coefficient (Wildman–Crippen LogP) is 2.14. The van der Waals surface area contributed by atoms with E-state index in [9.17, 15) is 0 Å². The van der Waals surface area contributed by atoms with E-state index in [1.807, 2.05) is 18.3 Å². The maximum absolute atomic E-state index is 5.97. The van der Waals surface area contributed by atoms with Gasteiger partial charge in [0.05, 0.1) is 11.7 Å². The molecule has 0 amide bonds. The minimum absolute atomic E-state index is 0.234. The molecule has 0 aliphatic carbocycles. The minimum atomic E-state index is 0.234. The smallest absolute Gasteiger partial charge is 0.0644 e. The molecule has 0 aliphatic rings. The van der Waals surface area contributed by atoms with Gasteiger partial charge in [-0.05, 0) is 44.7 Å². The molecule has 0 radical (unpaired) electrons. The molecule has 1 aromatic heterocycles. The molecule has 0 fully saturated rings. The Kier molecular flexibility index (Phi) is 8.42. The quantitative estimate of drug-likeness (QED) is 0.712. The molecule has 20 heavy (non-hydrogen) atoms. The largest absolute Gasteiger partial charge is 0.329 e. The topological polar surface area (TPSA) is 45.4 Å². The SMILES string of the molecule is CCN(CC)CCCN(CC)C(CN)c1ccccn1. The summed E-state index contributed by atoms with van der Waals surface area (Å²) >= 11 is 0. The molecular weight excluding hydrogens is 248 g/mol. The molecule has 2 N–H and O–H groups in total. The molecule has 1 aromatic rings. The number of likely N-dealkylation sites (N-methyl/N-ethyl adjacent to an activating group) is 1. The van der Waals surface area contributed by atoms with Crippen LogP contribution >= 0.6 is 0 Å². The van der Waals surface area contributed by atoms with Crippen molar-refractivity contribution < 1.29 is 0 Å². The van der Waals surface area contributed by atoms with E-state index in [4.69, 9.17) is 5.73 Å². The number of hydrogen-bond donors (Lipinski definition) is 1. The van der Waals surface area contributed by atoms with E-state index in [0.717, 1.165) is 38.4 Å². The molecular formula is C16H30N4. The van der Waals surface area contributed by atoms with Crippen LogP contribution in [0.5, 0.6) is 0 Å². The lowest BCUT2D eigenvalue weighted by Gasteiger charge is -2.30. The second-order valence-electron chi connectivity index (χ2n) is 5.02. The Hall–Kier alpha value is -0.970. The lowest BCUT2D eigenvalue weighted by Crippen LogP contribution is -2.36. The maximum atomic E-state index is 5.97. The third-order valence-electron chi connectivity index (χ3n) is 3.91. The molecule has 0 saturated carbocycles. The fraction of sp³-hybridized carbons (Fsp3) is 0.688. The van der Waals surface area contributed by atoms with Gasteiger partial charge in [0.1, 0.15) is 0 Å². The fourth-order valence-corrected chi connectivity index (χ4v) is 2.60. The van der Waals surface area contributed by atoms with Gasteiger partial charge in [-0.15, -0.1) is 0 Å². The maximum Gasteiger partial charge on any atom is 0.0644 e. The summed E-state index contributed by atoms with van der Waals surface area (Å²) in [5.41, 5.74) is 7.06. The first-order valence-corrected chi connectivity index (χ1v) is 7.84. The van der Waals surface area contributed by atoms with E-state index in [2.05, 4.69) is 41.6 Å². The molecule has 1 heterocycles. The summed E-state index contributed by atoms with van der Waals surface area (Å²) < 4.78 is 0. The van der Waals surface area contributed by atoms with Gasteiger partial charge in [0, 0.05) is 19.3 Å². The van der Waals surface area contributed by atoms with E-state index in [1.165, 1.54) is 6.42 Å². The van der Waals surface area contributed by atoms with Gasteiger partial charge < -0.3 is 10.6 Å². The van der Waals surface area contributed by atoms with Crippen molar-refractivity contribution in [3.8, 4) is 0 Å². The first-order chi connectivity index (χ1) is 9.76. The average molecular weight is 278 g/mol. The summed E-state index contributed by atoms with van der Waals surface area (Å²) in [6.45, 7) is 12.8. The highest BCUT2D eigenvalue weighted by Gasteiger charge is 2.18. The van der Waals surface area contributed by atoms with E-state index in [-0.39, 0.29) is 6.04 Å². The van der Waals surface area contributed by atoms with Crippen LogP contribution < -0.4 is 5.73 Å². The lowest BCUT2D eigenvalue weighted by molar-refractivity contribution is 0.190. The Morgan fingerprint density at radius 1 is 1.10 bits per heavy atom. The summed E-state index contributed by atoms with van der Waals surface area (Å²) in [6, 6.07) is 6.30. The number of rotatable bonds is 10. The van der Waals surface area contributed by atoms with Crippen LogP contribution in [0.3, 0.4) is 0 Å². The Morgan fingerprint density at radius 3 is 2.35 bits per heavy atom. The van der Waals surface area contributed by atoms with E-state index in [0.29, 0.717) is 6.54 Å². The molecule has 0 aliphatic heterocycles. The number of aromatic nitrogens is 1. The Balaban J connectivity index is 2.55. The second kappa shape index (κ2) is 9.86. The van der Waals surface area contributed by atoms with Crippen molar-refractivity contribution in [3.63, 3.8) is 0 Å². The zero-order valence-electron chi connectivity index (χ0n) is 13.3. The number of hydrogen-bond acceptors (Lipinski definition) is 4. The lowest BCUT2D eigenvalue weighted by atomic mass is 10.1. The molecule has 0 saturated heterocycles. The molecule has 1 atom stereocenters. The Bertz CT molecular complexity index is 338. The molecule has 114 valence electrons. The standard InChI is InChI=1S/C16H30N4/c1-4-19(5-2)12-9-13-20(6-3)16(14-17)15-10-7-8-11-18-15/h7-8,10-11,16H,4-6,9,12-14,17H2,1-3H3. The number of pyridine rings is 1. The fourth-order valence-electron chi connectivity index (χ4n) is 2.60. The van der Waals surface area contributed by atoms with Crippen LogP contribution in [0, 0.1) is 0 Å². The van der Waals surface area contributed by atoms with Gasteiger partial charge in [0.15, 0.2) is 0 Å². The van der Waals surface area contributed by atoms with Crippen molar-refractivity contribution in [2.45, 2.75) is 33.2 Å². The highest BCUT2D eigenvalue weighted by molar-refractivity contribution is 5.09. The minimum Gasteiger partial charge on any atom is -0.329 e. The van der Waals surface area contributed by atoms with Crippen LogP contribution in [0.25, 0.3) is 0 Å². The summed E-state index contributed by atoms with van der Waals surface area (Å²) in [7, 11) is 0. The van der Waals surface area contributed by atoms with Crippen LogP contribution in [0.15, 0.2) is 24.4 Å².